The predicted octanol–water partition coefficient (Wildman–Crippen LogP) is 3.00. The van der Waals surface area contributed by atoms with Crippen molar-refractivity contribution in [2.24, 2.45) is 5.84 Å². The summed E-state index contributed by atoms with van der Waals surface area (Å²) in [5, 5.41) is 2.79. The van der Waals surface area contributed by atoms with Gasteiger partial charge in [-0.15, -0.1) is 11.3 Å². The summed E-state index contributed by atoms with van der Waals surface area (Å²) in [5.41, 5.74) is 3.13. The van der Waals surface area contributed by atoms with Gasteiger partial charge in [0.2, 0.25) is 0 Å². The van der Waals surface area contributed by atoms with Crippen molar-refractivity contribution in [1.82, 2.24) is 9.97 Å². The zero-order valence-electron chi connectivity index (χ0n) is 11.3. The maximum Gasteiger partial charge on any atom is 0.169 e. The van der Waals surface area contributed by atoms with Crippen molar-refractivity contribution in [2.75, 3.05) is 5.43 Å². The largest absolute Gasteiger partial charge is 0.486 e. The summed E-state index contributed by atoms with van der Waals surface area (Å²) in [6.07, 6.45) is 0. The summed E-state index contributed by atoms with van der Waals surface area (Å²) >= 11 is 1.49. The molecule has 0 fully saturated rings. The lowest BCUT2D eigenvalue weighted by Gasteiger charge is -2.08. The van der Waals surface area contributed by atoms with E-state index in [-0.39, 0.29) is 12.4 Å². The molecule has 5 nitrogen and oxygen atoms in total. The number of hydrogen-bond donors (Lipinski definition) is 2. The first-order valence-electron chi connectivity index (χ1n) is 6.27. The molecule has 0 aliphatic rings. The van der Waals surface area contributed by atoms with Gasteiger partial charge in [0, 0.05) is 6.07 Å². The number of ether oxygens (including phenoxy) is 1. The Morgan fingerprint density at radius 1 is 1.33 bits per heavy atom. The minimum absolute atomic E-state index is 0.144. The fourth-order valence-electron chi connectivity index (χ4n) is 1.89. The molecular weight excluding hydrogens is 291 g/mol. The molecule has 0 spiro atoms. The van der Waals surface area contributed by atoms with Gasteiger partial charge in [-0.1, -0.05) is 6.07 Å². The number of thiophene rings is 1. The Morgan fingerprint density at radius 2 is 2.19 bits per heavy atom. The second-order valence-electron chi connectivity index (χ2n) is 4.47. The maximum absolute atomic E-state index is 13.5. The summed E-state index contributed by atoms with van der Waals surface area (Å²) in [6, 6.07) is 6.63. The quantitative estimate of drug-likeness (QED) is 0.572. The number of nitrogens with two attached hydrogens (primary N) is 1. The SMILES string of the molecule is Cc1ccc(OCc2nc(NN)c3ccsc3n2)cc1F. The van der Waals surface area contributed by atoms with Gasteiger partial charge in [-0.05, 0) is 30.0 Å². The molecule has 0 unspecified atom stereocenters. The summed E-state index contributed by atoms with van der Waals surface area (Å²) in [4.78, 5) is 9.50. The van der Waals surface area contributed by atoms with E-state index in [1.807, 2.05) is 11.4 Å². The van der Waals surface area contributed by atoms with Crippen LogP contribution in [0.2, 0.25) is 0 Å². The maximum atomic E-state index is 13.5. The van der Waals surface area contributed by atoms with E-state index >= 15 is 0 Å². The topological polar surface area (TPSA) is 73.1 Å². The van der Waals surface area contributed by atoms with Gasteiger partial charge < -0.3 is 10.2 Å². The Morgan fingerprint density at radius 3 is 2.95 bits per heavy atom. The van der Waals surface area contributed by atoms with E-state index in [0.717, 1.165) is 10.2 Å². The fraction of sp³-hybridized carbons (Fsp3) is 0.143. The molecule has 7 heteroatoms. The van der Waals surface area contributed by atoms with Gasteiger partial charge >= 0.3 is 0 Å². The van der Waals surface area contributed by atoms with E-state index in [1.165, 1.54) is 17.4 Å². The van der Waals surface area contributed by atoms with Gasteiger partial charge in [0.1, 0.15) is 23.0 Å². The van der Waals surface area contributed by atoms with Crippen LogP contribution in [0, 0.1) is 12.7 Å². The zero-order valence-corrected chi connectivity index (χ0v) is 12.1. The molecular formula is C14H13FN4OS. The number of nitrogens with zero attached hydrogens (tertiary/aromatic N) is 2. The number of rotatable bonds is 4. The van der Waals surface area contributed by atoms with Crippen LogP contribution in [-0.2, 0) is 6.61 Å². The van der Waals surface area contributed by atoms with Gasteiger partial charge in [0.25, 0.3) is 0 Å². The first-order valence-corrected chi connectivity index (χ1v) is 7.15. The van der Waals surface area contributed by atoms with Crippen LogP contribution in [0.3, 0.4) is 0 Å². The van der Waals surface area contributed by atoms with Crippen LogP contribution in [-0.4, -0.2) is 9.97 Å². The Bertz CT molecular complexity index is 790. The van der Waals surface area contributed by atoms with Crippen LogP contribution < -0.4 is 16.0 Å². The lowest BCUT2D eigenvalue weighted by molar-refractivity contribution is 0.295. The molecule has 0 amide bonds. The Kier molecular flexibility index (Phi) is 3.68. The third kappa shape index (κ3) is 2.79. The highest BCUT2D eigenvalue weighted by atomic mass is 32.1. The molecule has 0 aliphatic heterocycles. The van der Waals surface area contributed by atoms with Crippen LogP contribution >= 0.6 is 11.3 Å². The van der Waals surface area contributed by atoms with Crippen molar-refractivity contribution in [2.45, 2.75) is 13.5 Å². The van der Waals surface area contributed by atoms with Crippen molar-refractivity contribution in [3.8, 4) is 5.75 Å². The van der Waals surface area contributed by atoms with E-state index in [2.05, 4.69) is 15.4 Å². The number of hydrazine groups is 1. The first-order chi connectivity index (χ1) is 10.2. The molecule has 0 saturated carbocycles. The molecule has 3 rings (SSSR count). The fourth-order valence-corrected chi connectivity index (χ4v) is 2.67. The third-order valence-corrected chi connectivity index (χ3v) is 3.83. The van der Waals surface area contributed by atoms with E-state index in [4.69, 9.17) is 10.6 Å². The second-order valence-corrected chi connectivity index (χ2v) is 5.37. The molecule has 3 N–H and O–H groups in total. The molecule has 1 aromatic carbocycles. The standard InChI is InChI=1S/C14H13FN4OS/c1-8-2-3-9(6-11(8)15)20-7-12-17-13(19-16)10-4-5-21-14(10)18-12/h2-6H,7,16H2,1H3,(H,17,18,19). The van der Waals surface area contributed by atoms with Crippen molar-refractivity contribution in [3.05, 3.63) is 46.9 Å². The summed E-state index contributed by atoms with van der Waals surface area (Å²) in [6.45, 7) is 1.84. The average Bonchev–Trinajstić information content (AvgIpc) is 2.96. The van der Waals surface area contributed by atoms with Gasteiger partial charge in [-0.2, -0.15) is 0 Å². The van der Waals surface area contributed by atoms with Gasteiger partial charge in [-0.3, -0.25) is 0 Å². The Balaban J connectivity index is 1.82. The molecule has 2 heterocycles. The van der Waals surface area contributed by atoms with Crippen molar-refractivity contribution in [3.63, 3.8) is 0 Å². The lowest BCUT2D eigenvalue weighted by Crippen LogP contribution is -2.11. The number of anilines is 1. The molecule has 0 bridgehead atoms. The number of fused-ring (bicyclic) bond motifs is 1. The normalized spacial score (nSPS) is 10.8. The molecule has 0 aliphatic carbocycles. The lowest BCUT2D eigenvalue weighted by atomic mass is 10.2. The van der Waals surface area contributed by atoms with Crippen LogP contribution in [0.25, 0.3) is 10.2 Å². The van der Waals surface area contributed by atoms with Crippen molar-refractivity contribution >= 4 is 27.4 Å². The van der Waals surface area contributed by atoms with Crippen molar-refractivity contribution < 1.29 is 9.13 Å². The molecule has 108 valence electrons. The molecule has 2 aromatic heterocycles. The minimum atomic E-state index is -0.300. The smallest absolute Gasteiger partial charge is 0.169 e. The van der Waals surface area contributed by atoms with E-state index in [1.54, 1.807) is 19.1 Å². The predicted molar refractivity (Wildman–Crippen MR) is 80.7 cm³/mol. The van der Waals surface area contributed by atoms with E-state index in [9.17, 15) is 4.39 Å². The monoisotopic (exact) mass is 304 g/mol. The number of benzene rings is 1. The number of nitrogens with one attached hydrogen (secondary N) is 1. The summed E-state index contributed by atoms with van der Waals surface area (Å²) in [7, 11) is 0. The van der Waals surface area contributed by atoms with E-state index in [0.29, 0.717) is 23.0 Å². The van der Waals surface area contributed by atoms with Gasteiger partial charge in [0.05, 0.1) is 5.39 Å². The van der Waals surface area contributed by atoms with Crippen LogP contribution in [0.5, 0.6) is 5.75 Å². The van der Waals surface area contributed by atoms with E-state index < -0.39 is 0 Å². The third-order valence-electron chi connectivity index (χ3n) is 3.02. The number of halogens is 1. The molecule has 21 heavy (non-hydrogen) atoms. The Labute approximate surface area is 124 Å². The van der Waals surface area contributed by atoms with Gasteiger partial charge in [0.15, 0.2) is 11.6 Å². The number of aromatic nitrogens is 2. The highest BCUT2D eigenvalue weighted by molar-refractivity contribution is 7.16. The highest BCUT2D eigenvalue weighted by Gasteiger charge is 2.09. The molecule has 0 atom stereocenters. The summed E-state index contributed by atoms with van der Waals surface area (Å²) in [5.74, 6) is 6.64. The number of nitrogen functional groups attached to an aromatic ring is 1. The number of hydrogen-bond acceptors (Lipinski definition) is 6. The van der Waals surface area contributed by atoms with Crippen LogP contribution in [0.15, 0.2) is 29.6 Å². The zero-order chi connectivity index (χ0) is 14.8. The highest BCUT2D eigenvalue weighted by Crippen LogP contribution is 2.25. The molecule has 3 aromatic rings. The van der Waals surface area contributed by atoms with Gasteiger partial charge in [-0.25, -0.2) is 20.2 Å². The van der Waals surface area contributed by atoms with Crippen LogP contribution in [0.1, 0.15) is 11.4 Å². The number of aryl methyl sites for hydroxylation is 1. The molecule has 0 saturated heterocycles. The second kappa shape index (κ2) is 5.63. The summed E-state index contributed by atoms with van der Waals surface area (Å²) < 4.78 is 19.0. The average molecular weight is 304 g/mol. The minimum Gasteiger partial charge on any atom is -0.486 e. The Hall–Kier alpha value is -2.25. The first kappa shape index (κ1) is 13.7. The molecule has 0 radical (unpaired) electrons. The van der Waals surface area contributed by atoms with Crippen LogP contribution in [0.4, 0.5) is 10.2 Å². The van der Waals surface area contributed by atoms with Crippen molar-refractivity contribution in [1.29, 1.82) is 0 Å².